The van der Waals surface area contributed by atoms with Crippen LogP contribution in [0, 0.1) is 6.92 Å². The molecule has 1 aliphatic heterocycles. The Morgan fingerprint density at radius 1 is 1.38 bits per heavy atom. The number of anilines is 3. The van der Waals surface area contributed by atoms with Crippen LogP contribution in [0.5, 0.6) is 0 Å². The van der Waals surface area contributed by atoms with Gasteiger partial charge in [0.05, 0.1) is 11.3 Å². The molecule has 5 nitrogen and oxygen atoms in total. The third-order valence-electron chi connectivity index (χ3n) is 3.81. The van der Waals surface area contributed by atoms with Crippen LogP contribution in [0.2, 0.25) is 0 Å². The number of carboxylic acids is 1. The van der Waals surface area contributed by atoms with Crippen LogP contribution in [0.25, 0.3) is 0 Å². The van der Waals surface area contributed by atoms with Crippen LogP contribution in [0.3, 0.4) is 0 Å². The molecule has 2 aromatic rings. The number of fused-ring (bicyclic) bond motifs is 1. The highest BCUT2D eigenvalue weighted by atomic mass is 16.4. The van der Waals surface area contributed by atoms with Crippen molar-refractivity contribution in [3.63, 3.8) is 0 Å². The van der Waals surface area contributed by atoms with E-state index in [2.05, 4.69) is 24.0 Å². The van der Waals surface area contributed by atoms with E-state index < -0.39 is 5.97 Å². The molecule has 0 bridgehead atoms. The van der Waals surface area contributed by atoms with E-state index in [1.807, 2.05) is 11.0 Å². The Morgan fingerprint density at radius 3 is 2.95 bits per heavy atom. The van der Waals surface area contributed by atoms with Gasteiger partial charge in [-0.1, -0.05) is 17.7 Å². The molecule has 2 heterocycles. The molecule has 0 radical (unpaired) electrons. The van der Waals surface area contributed by atoms with Gasteiger partial charge in [0.2, 0.25) is 0 Å². The number of nitrogen functional groups attached to an aromatic ring is 1. The van der Waals surface area contributed by atoms with Crippen molar-refractivity contribution in [2.45, 2.75) is 19.8 Å². The third-order valence-corrected chi connectivity index (χ3v) is 3.81. The molecule has 5 heteroatoms. The highest BCUT2D eigenvalue weighted by molar-refractivity contribution is 5.97. The number of aromatic carboxylic acids is 1. The molecule has 1 aliphatic rings. The average Bonchev–Trinajstić information content (AvgIpc) is 2.46. The highest BCUT2D eigenvalue weighted by Crippen LogP contribution is 2.36. The number of rotatable bonds is 2. The van der Waals surface area contributed by atoms with Crippen molar-refractivity contribution in [1.29, 1.82) is 0 Å². The van der Waals surface area contributed by atoms with Crippen molar-refractivity contribution < 1.29 is 9.90 Å². The van der Waals surface area contributed by atoms with Gasteiger partial charge in [0.1, 0.15) is 0 Å². The molecule has 0 amide bonds. The fraction of sp³-hybridized carbons (Fsp3) is 0.250. The summed E-state index contributed by atoms with van der Waals surface area (Å²) in [6, 6.07) is 7.70. The number of carboxylic acid groups (broad SMARTS) is 1. The number of hydrogen-bond donors (Lipinski definition) is 2. The summed E-state index contributed by atoms with van der Waals surface area (Å²) >= 11 is 0. The summed E-state index contributed by atoms with van der Waals surface area (Å²) in [6.45, 7) is 2.85. The number of carbonyl (C=O) groups is 1. The first-order valence-corrected chi connectivity index (χ1v) is 6.93. The monoisotopic (exact) mass is 283 g/mol. The fourth-order valence-electron chi connectivity index (χ4n) is 2.81. The first-order valence-electron chi connectivity index (χ1n) is 6.93. The largest absolute Gasteiger partial charge is 0.478 e. The summed E-state index contributed by atoms with van der Waals surface area (Å²) < 4.78 is 0. The molecular weight excluding hydrogens is 266 g/mol. The van der Waals surface area contributed by atoms with Gasteiger partial charge < -0.3 is 15.7 Å². The summed E-state index contributed by atoms with van der Waals surface area (Å²) in [5.41, 5.74) is 9.87. The molecule has 1 aromatic carbocycles. The van der Waals surface area contributed by atoms with Crippen molar-refractivity contribution in [3.8, 4) is 0 Å². The van der Waals surface area contributed by atoms with Crippen molar-refractivity contribution in [1.82, 2.24) is 4.98 Å². The van der Waals surface area contributed by atoms with E-state index in [1.165, 1.54) is 23.4 Å². The van der Waals surface area contributed by atoms with Crippen LogP contribution in [0.15, 0.2) is 30.5 Å². The zero-order valence-electron chi connectivity index (χ0n) is 11.8. The van der Waals surface area contributed by atoms with E-state index in [-0.39, 0.29) is 11.3 Å². The van der Waals surface area contributed by atoms with Gasteiger partial charge in [-0.05, 0) is 37.5 Å². The zero-order valence-corrected chi connectivity index (χ0v) is 11.8. The van der Waals surface area contributed by atoms with Crippen LogP contribution < -0.4 is 10.6 Å². The second kappa shape index (κ2) is 5.09. The van der Waals surface area contributed by atoms with Crippen LogP contribution >= 0.6 is 0 Å². The average molecular weight is 283 g/mol. The predicted molar refractivity (Wildman–Crippen MR) is 82.1 cm³/mol. The van der Waals surface area contributed by atoms with E-state index in [1.54, 1.807) is 0 Å². The van der Waals surface area contributed by atoms with Gasteiger partial charge in [-0.2, -0.15) is 0 Å². The molecule has 0 atom stereocenters. The van der Waals surface area contributed by atoms with Crippen molar-refractivity contribution in [3.05, 3.63) is 47.2 Å². The fourth-order valence-corrected chi connectivity index (χ4v) is 2.81. The van der Waals surface area contributed by atoms with E-state index >= 15 is 0 Å². The molecule has 3 rings (SSSR count). The Bertz CT molecular complexity index is 713. The second-order valence-corrected chi connectivity index (χ2v) is 5.29. The lowest BCUT2D eigenvalue weighted by Crippen LogP contribution is -2.26. The van der Waals surface area contributed by atoms with Gasteiger partial charge in [0.25, 0.3) is 0 Å². The molecule has 0 saturated carbocycles. The van der Waals surface area contributed by atoms with Gasteiger partial charge >= 0.3 is 5.97 Å². The van der Waals surface area contributed by atoms with Gasteiger partial charge in [0, 0.05) is 18.4 Å². The Kier molecular flexibility index (Phi) is 3.25. The lowest BCUT2D eigenvalue weighted by molar-refractivity contribution is 0.0698. The van der Waals surface area contributed by atoms with Gasteiger partial charge in [-0.15, -0.1) is 0 Å². The summed E-state index contributed by atoms with van der Waals surface area (Å²) in [5, 5.41) is 9.19. The molecule has 0 aliphatic carbocycles. The van der Waals surface area contributed by atoms with Gasteiger partial charge in [-0.3, -0.25) is 0 Å². The Balaban J connectivity index is 2.11. The summed E-state index contributed by atoms with van der Waals surface area (Å²) in [7, 11) is 0. The minimum atomic E-state index is -1.03. The Morgan fingerprint density at radius 2 is 2.19 bits per heavy atom. The minimum Gasteiger partial charge on any atom is -0.478 e. The van der Waals surface area contributed by atoms with E-state index in [4.69, 9.17) is 5.73 Å². The van der Waals surface area contributed by atoms with E-state index in [0.717, 1.165) is 25.1 Å². The first-order chi connectivity index (χ1) is 10.1. The van der Waals surface area contributed by atoms with Crippen LogP contribution in [0.1, 0.15) is 27.9 Å². The number of nitrogens with zero attached hydrogens (tertiary/aromatic N) is 2. The molecular formula is C16H17N3O2. The highest BCUT2D eigenvalue weighted by Gasteiger charge is 2.23. The number of hydrogen-bond acceptors (Lipinski definition) is 4. The van der Waals surface area contributed by atoms with E-state index in [0.29, 0.717) is 5.82 Å². The smallest absolute Gasteiger partial charge is 0.337 e. The SMILES string of the molecule is Cc1ccc2c(c1)CCCN2c1nccc(C(=O)O)c1N. The molecule has 21 heavy (non-hydrogen) atoms. The topological polar surface area (TPSA) is 79.5 Å². The summed E-state index contributed by atoms with van der Waals surface area (Å²) in [6.07, 6.45) is 3.51. The van der Waals surface area contributed by atoms with E-state index in [9.17, 15) is 9.90 Å². The lowest BCUT2D eigenvalue weighted by Gasteiger charge is -2.31. The van der Waals surface area contributed by atoms with Crippen molar-refractivity contribution in [2.75, 3.05) is 17.2 Å². The molecule has 0 fully saturated rings. The minimum absolute atomic E-state index is 0.0965. The maximum absolute atomic E-state index is 11.2. The molecule has 1 aromatic heterocycles. The van der Waals surface area contributed by atoms with Gasteiger partial charge in [0.15, 0.2) is 5.82 Å². The van der Waals surface area contributed by atoms with Crippen molar-refractivity contribution >= 4 is 23.2 Å². The molecule has 3 N–H and O–H groups in total. The Hall–Kier alpha value is -2.56. The number of pyridine rings is 1. The number of aryl methyl sites for hydroxylation is 2. The standard InChI is InChI=1S/C16H17N3O2/c1-10-4-5-13-11(9-10)3-2-8-19(13)15-14(17)12(16(20)21)6-7-18-15/h4-7,9H,2-3,8,17H2,1H3,(H,20,21). The number of benzene rings is 1. The molecule has 0 spiro atoms. The van der Waals surface area contributed by atoms with Crippen LogP contribution in [0.4, 0.5) is 17.2 Å². The Labute approximate surface area is 123 Å². The maximum atomic E-state index is 11.2. The predicted octanol–water partition coefficient (Wildman–Crippen LogP) is 2.75. The quantitative estimate of drug-likeness (QED) is 0.886. The molecule has 108 valence electrons. The normalized spacial score (nSPS) is 13.9. The second-order valence-electron chi connectivity index (χ2n) is 5.29. The number of nitrogens with two attached hydrogens (primary N) is 1. The van der Waals surface area contributed by atoms with Crippen molar-refractivity contribution in [2.24, 2.45) is 0 Å². The van der Waals surface area contributed by atoms with Crippen LogP contribution in [-0.4, -0.2) is 22.6 Å². The molecule has 0 saturated heterocycles. The molecule has 0 unspecified atom stereocenters. The maximum Gasteiger partial charge on any atom is 0.337 e. The summed E-state index contributed by atoms with van der Waals surface area (Å²) in [5.74, 6) is -0.503. The first kappa shape index (κ1) is 13.4. The zero-order chi connectivity index (χ0) is 15.0. The number of aromatic nitrogens is 1. The van der Waals surface area contributed by atoms with Crippen LogP contribution in [-0.2, 0) is 6.42 Å². The third kappa shape index (κ3) is 2.31. The lowest BCUT2D eigenvalue weighted by atomic mass is 9.99. The summed E-state index contributed by atoms with van der Waals surface area (Å²) in [4.78, 5) is 17.5. The van der Waals surface area contributed by atoms with Gasteiger partial charge in [-0.25, -0.2) is 9.78 Å².